The molecule has 0 amide bonds. The van der Waals surface area contributed by atoms with E-state index in [9.17, 15) is 4.39 Å². The van der Waals surface area contributed by atoms with Crippen molar-refractivity contribution in [3.05, 3.63) is 94.3 Å². The second-order valence-corrected chi connectivity index (χ2v) is 9.88. The molecule has 3 aromatic rings. The van der Waals surface area contributed by atoms with E-state index in [2.05, 4.69) is 52.0 Å². The molecule has 158 valence electrons. The lowest BCUT2D eigenvalue weighted by molar-refractivity contribution is 0.296. The minimum absolute atomic E-state index is 0.101. The summed E-state index contributed by atoms with van der Waals surface area (Å²) in [4.78, 5) is 0. The summed E-state index contributed by atoms with van der Waals surface area (Å²) in [7, 11) is 0.344. The molecule has 0 radical (unpaired) electrons. The Hall–Kier alpha value is -2.18. The minimum Gasteiger partial charge on any atom is -0.488 e. The van der Waals surface area contributed by atoms with Gasteiger partial charge < -0.3 is 4.74 Å². The maximum absolute atomic E-state index is 14.8. The van der Waals surface area contributed by atoms with Crippen molar-refractivity contribution in [2.75, 3.05) is 0 Å². The number of hydrogen-bond acceptors (Lipinski definition) is 1. The monoisotopic (exact) mass is 422 g/mol. The predicted molar refractivity (Wildman–Crippen MR) is 128 cm³/mol. The number of halogens is 1. The van der Waals surface area contributed by atoms with Gasteiger partial charge in [0.25, 0.3) is 0 Å². The smallest absolute Gasteiger partial charge is 0.130 e. The van der Waals surface area contributed by atoms with Crippen molar-refractivity contribution in [3.63, 3.8) is 0 Å². The number of aryl methyl sites for hydroxylation is 3. The van der Waals surface area contributed by atoms with Crippen LogP contribution >= 0.6 is 8.58 Å². The first-order valence-electron chi connectivity index (χ1n) is 10.7. The summed E-state index contributed by atoms with van der Waals surface area (Å²) in [5.41, 5.74) is 5.67. The molecule has 0 bridgehead atoms. The zero-order chi connectivity index (χ0) is 21.7. The molecule has 0 aliphatic rings. The molecule has 1 nitrogen and oxygen atoms in total. The van der Waals surface area contributed by atoms with Crippen LogP contribution in [0.3, 0.4) is 0 Å². The Kier molecular flexibility index (Phi) is 7.32. The van der Waals surface area contributed by atoms with E-state index in [0.29, 0.717) is 15.2 Å². The standard InChI is InChI=1S/C27H32FOP/c1-6-27(7-2,30-25-14-13-19(3)17-24(25)28)23-16-20(4)15-21(5)26(23)29-18-22-11-9-8-10-12-22/h8-17,30H,6-7,18H2,1-5H3. The van der Waals surface area contributed by atoms with E-state index in [1.807, 2.05) is 37.3 Å². The second-order valence-electron chi connectivity index (χ2n) is 8.13. The van der Waals surface area contributed by atoms with E-state index in [-0.39, 0.29) is 11.0 Å². The van der Waals surface area contributed by atoms with Crippen LogP contribution in [0.2, 0.25) is 0 Å². The predicted octanol–water partition coefficient (Wildman–Crippen LogP) is 7.35. The zero-order valence-electron chi connectivity index (χ0n) is 18.7. The Labute approximate surface area is 182 Å². The van der Waals surface area contributed by atoms with Crippen molar-refractivity contribution in [3.8, 4) is 5.75 Å². The molecule has 0 spiro atoms. The van der Waals surface area contributed by atoms with Crippen molar-refractivity contribution in [1.82, 2.24) is 0 Å². The molecule has 1 unspecified atom stereocenters. The lowest BCUT2D eigenvalue weighted by atomic mass is 9.89. The third kappa shape index (κ3) is 4.93. The quantitative estimate of drug-likeness (QED) is 0.345. The van der Waals surface area contributed by atoms with Gasteiger partial charge in [0.2, 0.25) is 0 Å². The van der Waals surface area contributed by atoms with Gasteiger partial charge in [-0.3, -0.25) is 0 Å². The highest BCUT2D eigenvalue weighted by molar-refractivity contribution is 7.48. The van der Waals surface area contributed by atoms with Crippen LogP contribution in [-0.2, 0) is 11.8 Å². The zero-order valence-corrected chi connectivity index (χ0v) is 19.7. The Bertz CT molecular complexity index is 993. The van der Waals surface area contributed by atoms with Crippen LogP contribution in [0.25, 0.3) is 0 Å². The van der Waals surface area contributed by atoms with E-state index in [0.717, 1.165) is 40.6 Å². The molecule has 30 heavy (non-hydrogen) atoms. The van der Waals surface area contributed by atoms with Crippen molar-refractivity contribution >= 4 is 13.9 Å². The average Bonchev–Trinajstić information content (AvgIpc) is 2.73. The molecule has 0 aromatic heterocycles. The van der Waals surface area contributed by atoms with E-state index < -0.39 is 0 Å². The van der Waals surface area contributed by atoms with Gasteiger partial charge in [0.1, 0.15) is 18.2 Å². The SMILES string of the molecule is CCC(CC)(Pc1ccc(C)cc1F)c1cc(C)cc(C)c1OCc1ccccc1. The topological polar surface area (TPSA) is 9.23 Å². The third-order valence-electron chi connectivity index (χ3n) is 5.87. The molecular formula is C27H32FOP. The molecule has 1 atom stereocenters. The molecule has 3 aromatic carbocycles. The van der Waals surface area contributed by atoms with E-state index in [1.165, 1.54) is 11.1 Å². The Morgan fingerprint density at radius 3 is 2.20 bits per heavy atom. The van der Waals surface area contributed by atoms with Crippen molar-refractivity contribution in [1.29, 1.82) is 0 Å². The van der Waals surface area contributed by atoms with Crippen molar-refractivity contribution < 1.29 is 9.13 Å². The van der Waals surface area contributed by atoms with Gasteiger partial charge in [-0.15, -0.1) is 0 Å². The number of ether oxygens (including phenoxy) is 1. The molecule has 0 heterocycles. The molecule has 3 heteroatoms. The van der Waals surface area contributed by atoms with E-state index in [4.69, 9.17) is 4.74 Å². The Morgan fingerprint density at radius 2 is 1.57 bits per heavy atom. The fraction of sp³-hybridized carbons (Fsp3) is 0.333. The van der Waals surface area contributed by atoms with Gasteiger partial charge in [-0.2, -0.15) is 0 Å². The van der Waals surface area contributed by atoms with Crippen molar-refractivity contribution in [2.24, 2.45) is 0 Å². The van der Waals surface area contributed by atoms with E-state index in [1.54, 1.807) is 6.07 Å². The van der Waals surface area contributed by atoms with Gasteiger partial charge >= 0.3 is 0 Å². The second kappa shape index (κ2) is 9.75. The molecular weight excluding hydrogens is 390 g/mol. The third-order valence-corrected chi connectivity index (χ3v) is 8.00. The highest BCUT2D eigenvalue weighted by Gasteiger charge is 2.33. The normalized spacial score (nSPS) is 11.9. The van der Waals surface area contributed by atoms with Crippen LogP contribution < -0.4 is 10.0 Å². The lowest BCUT2D eigenvalue weighted by Crippen LogP contribution is -2.24. The Balaban J connectivity index is 2.04. The van der Waals surface area contributed by atoms with Crippen LogP contribution in [0, 0.1) is 26.6 Å². The maximum Gasteiger partial charge on any atom is 0.130 e. The largest absolute Gasteiger partial charge is 0.488 e. The lowest BCUT2D eigenvalue weighted by Gasteiger charge is -2.35. The summed E-state index contributed by atoms with van der Waals surface area (Å²) in [6, 6.07) is 20.3. The summed E-state index contributed by atoms with van der Waals surface area (Å²) in [5, 5.41) is 0.649. The minimum atomic E-state index is -0.154. The highest BCUT2D eigenvalue weighted by Crippen LogP contribution is 2.51. The Morgan fingerprint density at radius 1 is 0.867 bits per heavy atom. The van der Waals surface area contributed by atoms with Gasteiger partial charge in [0.05, 0.1) is 0 Å². The van der Waals surface area contributed by atoms with Gasteiger partial charge in [0, 0.05) is 16.0 Å². The molecule has 0 aliphatic carbocycles. The van der Waals surface area contributed by atoms with Gasteiger partial charge in [-0.1, -0.05) is 82.6 Å². The van der Waals surface area contributed by atoms with Gasteiger partial charge in [-0.25, -0.2) is 4.39 Å². The first-order valence-corrected chi connectivity index (χ1v) is 11.7. The number of benzene rings is 3. The van der Waals surface area contributed by atoms with Crippen LogP contribution in [-0.4, -0.2) is 0 Å². The van der Waals surface area contributed by atoms with Crippen LogP contribution in [0.1, 0.15) is 54.5 Å². The van der Waals surface area contributed by atoms with Crippen LogP contribution in [0.4, 0.5) is 4.39 Å². The molecule has 0 N–H and O–H groups in total. The summed E-state index contributed by atoms with van der Waals surface area (Å²) in [5.74, 6) is 0.851. The molecule has 0 saturated carbocycles. The maximum atomic E-state index is 14.8. The van der Waals surface area contributed by atoms with Crippen LogP contribution in [0.15, 0.2) is 60.7 Å². The first kappa shape index (κ1) is 22.5. The summed E-state index contributed by atoms with van der Waals surface area (Å²) >= 11 is 0. The summed E-state index contributed by atoms with van der Waals surface area (Å²) in [6.07, 6.45) is 1.86. The molecule has 0 saturated heterocycles. The van der Waals surface area contributed by atoms with Crippen LogP contribution in [0.5, 0.6) is 5.75 Å². The van der Waals surface area contributed by atoms with Gasteiger partial charge in [-0.05, 0) is 56.4 Å². The number of hydrogen-bond donors (Lipinski definition) is 0. The van der Waals surface area contributed by atoms with Gasteiger partial charge in [0.15, 0.2) is 0 Å². The fourth-order valence-electron chi connectivity index (χ4n) is 4.09. The fourth-order valence-corrected chi connectivity index (χ4v) is 5.63. The molecule has 0 fully saturated rings. The summed E-state index contributed by atoms with van der Waals surface area (Å²) < 4.78 is 21.2. The molecule has 3 rings (SSSR count). The highest BCUT2D eigenvalue weighted by atomic mass is 31.1. The first-order chi connectivity index (χ1) is 14.4. The van der Waals surface area contributed by atoms with E-state index >= 15 is 0 Å². The van der Waals surface area contributed by atoms with Crippen molar-refractivity contribution in [2.45, 2.75) is 59.2 Å². The summed E-state index contributed by atoms with van der Waals surface area (Å²) in [6.45, 7) is 11.1. The molecule has 0 aliphatic heterocycles. The average molecular weight is 423 g/mol. The number of rotatable bonds is 8.